The molecule has 1 saturated carbocycles. The van der Waals surface area contributed by atoms with E-state index in [9.17, 15) is 50.4 Å². The van der Waals surface area contributed by atoms with E-state index in [1.807, 2.05) is 0 Å². The quantitative estimate of drug-likeness (QED) is 0.0392. The van der Waals surface area contributed by atoms with Crippen LogP contribution >= 0.6 is 0 Å². The van der Waals surface area contributed by atoms with Gasteiger partial charge >= 0.3 is 0 Å². The lowest BCUT2D eigenvalue weighted by Gasteiger charge is -2.51. The Labute approximate surface area is 329 Å². The summed E-state index contributed by atoms with van der Waals surface area (Å²) in [6.45, 7) is 2.45. The van der Waals surface area contributed by atoms with Crippen molar-refractivity contribution in [3.63, 3.8) is 0 Å². The zero-order valence-electron chi connectivity index (χ0n) is 32.9. The molecule has 18 heteroatoms. The second-order valence-electron chi connectivity index (χ2n) is 15.8. The number of ketones is 2. The molecule has 0 bridgehead atoms. The maximum Gasteiger partial charge on any atom is 0.176 e. The number of hydrogen-bond donors (Lipinski definition) is 11. The maximum atomic E-state index is 13.7. The summed E-state index contributed by atoms with van der Waals surface area (Å²) in [7, 11) is 0. The second-order valence-corrected chi connectivity index (χ2v) is 15.8. The van der Waals surface area contributed by atoms with E-state index < -0.39 is 117 Å². The van der Waals surface area contributed by atoms with Crippen molar-refractivity contribution in [2.24, 2.45) is 5.73 Å². The van der Waals surface area contributed by atoms with Crippen molar-refractivity contribution in [3.8, 4) is 0 Å². The first-order valence-corrected chi connectivity index (χ1v) is 20.7. The summed E-state index contributed by atoms with van der Waals surface area (Å²) < 4.78 is 30.0. The maximum absolute atomic E-state index is 13.7. The Kier molecular flexibility index (Phi) is 19.4. The molecule has 0 aromatic rings. The first-order chi connectivity index (χ1) is 26.9. The minimum absolute atomic E-state index is 0.0334. The first kappa shape index (κ1) is 47.4. The van der Waals surface area contributed by atoms with E-state index in [1.54, 1.807) is 0 Å². The SMILES string of the molecule is CCCCCCCCN[C@H]1[C@H](OC2[C@@H](CO)O[C@@H](OC3[C@@H](CO)O[C@@H](O)[C@H](N)[C@H]3O)[C@H](NC3(CCCCCCC)C(=O)CCC3=O)[C@H]2O)O[C@H](CO)[C@@H](O)[C@@H]1O. The molecule has 15 atom stereocenters. The normalized spacial score (nSPS) is 39.0. The predicted octanol–water partition coefficient (Wildman–Crippen LogP) is -2.02. The summed E-state index contributed by atoms with van der Waals surface area (Å²) in [4.78, 5) is 27.3. The van der Waals surface area contributed by atoms with E-state index in [0.29, 0.717) is 13.0 Å². The fourth-order valence-electron chi connectivity index (χ4n) is 8.27. The molecule has 0 amide bonds. The van der Waals surface area contributed by atoms with Gasteiger partial charge in [0.15, 0.2) is 30.4 Å². The highest BCUT2D eigenvalue weighted by molar-refractivity contribution is 6.17. The predicted molar refractivity (Wildman–Crippen MR) is 199 cm³/mol. The van der Waals surface area contributed by atoms with Crippen LogP contribution in [0.2, 0.25) is 0 Å². The number of aliphatic hydroxyl groups excluding tert-OH is 8. The fourth-order valence-corrected chi connectivity index (χ4v) is 8.27. The molecule has 2 unspecified atom stereocenters. The van der Waals surface area contributed by atoms with Gasteiger partial charge in [-0.3, -0.25) is 14.9 Å². The van der Waals surface area contributed by atoms with Gasteiger partial charge in [-0.05, 0) is 19.4 Å². The van der Waals surface area contributed by atoms with Crippen LogP contribution in [0.1, 0.15) is 104 Å². The zero-order valence-corrected chi connectivity index (χ0v) is 32.9. The molecule has 4 rings (SSSR count). The Bertz CT molecular complexity index is 1170. The van der Waals surface area contributed by atoms with Crippen LogP contribution in [0, 0.1) is 0 Å². The van der Waals surface area contributed by atoms with Crippen LogP contribution in [-0.2, 0) is 33.3 Å². The molecule has 12 N–H and O–H groups in total. The number of unbranched alkanes of at least 4 members (excludes halogenated alkanes) is 9. The van der Waals surface area contributed by atoms with Gasteiger partial charge < -0.3 is 75.6 Å². The van der Waals surface area contributed by atoms with Gasteiger partial charge in [0.05, 0.1) is 37.9 Å². The van der Waals surface area contributed by atoms with Gasteiger partial charge in [-0.1, -0.05) is 78.1 Å². The molecule has 4 fully saturated rings. The highest BCUT2D eigenvalue weighted by Gasteiger charge is 2.58. The van der Waals surface area contributed by atoms with Crippen LogP contribution < -0.4 is 16.4 Å². The minimum atomic E-state index is -1.74. The van der Waals surface area contributed by atoms with Crippen LogP contribution in [0.4, 0.5) is 0 Å². The van der Waals surface area contributed by atoms with E-state index in [4.69, 9.17) is 29.4 Å². The average Bonchev–Trinajstić information content (AvgIpc) is 3.46. The Balaban J connectivity index is 1.65. The van der Waals surface area contributed by atoms with Crippen LogP contribution in [0.5, 0.6) is 0 Å². The first-order valence-electron chi connectivity index (χ1n) is 20.7. The van der Waals surface area contributed by atoms with Crippen LogP contribution in [0.25, 0.3) is 0 Å². The second kappa shape index (κ2) is 22.9. The van der Waals surface area contributed by atoms with Crippen LogP contribution in [-0.4, -0.2) is 176 Å². The van der Waals surface area contributed by atoms with Crippen molar-refractivity contribution in [1.82, 2.24) is 10.6 Å². The molecule has 0 aromatic heterocycles. The van der Waals surface area contributed by atoms with E-state index in [0.717, 1.165) is 64.2 Å². The zero-order chi connectivity index (χ0) is 41.0. The van der Waals surface area contributed by atoms with E-state index in [2.05, 4.69) is 24.5 Å². The fraction of sp³-hybridized carbons (Fsp3) is 0.947. The van der Waals surface area contributed by atoms with E-state index in [1.165, 1.54) is 0 Å². The highest BCUT2D eigenvalue weighted by atomic mass is 16.7. The summed E-state index contributed by atoms with van der Waals surface area (Å²) in [5.74, 6) is -0.773. The number of nitrogens with one attached hydrogen (secondary N) is 2. The Morgan fingerprint density at radius 1 is 0.643 bits per heavy atom. The van der Waals surface area contributed by atoms with Gasteiger partial charge in [0, 0.05) is 12.8 Å². The minimum Gasteiger partial charge on any atom is -0.394 e. The molecule has 3 saturated heterocycles. The Morgan fingerprint density at radius 2 is 1.14 bits per heavy atom. The smallest absolute Gasteiger partial charge is 0.176 e. The molecule has 3 heterocycles. The lowest BCUT2D eigenvalue weighted by molar-refractivity contribution is -0.352. The summed E-state index contributed by atoms with van der Waals surface area (Å²) in [5, 5.41) is 92.4. The van der Waals surface area contributed by atoms with Crippen LogP contribution in [0.15, 0.2) is 0 Å². The molecule has 0 spiro atoms. The third kappa shape index (κ3) is 11.3. The van der Waals surface area contributed by atoms with Crippen molar-refractivity contribution in [2.75, 3.05) is 26.4 Å². The third-order valence-electron chi connectivity index (χ3n) is 11.7. The van der Waals surface area contributed by atoms with Crippen molar-refractivity contribution in [2.45, 2.75) is 201 Å². The molecule has 1 aliphatic carbocycles. The third-order valence-corrected chi connectivity index (χ3v) is 11.7. The number of aliphatic hydroxyl groups is 8. The Morgan fingerprint density at radius 3 is 1.73 bits per heavy atom. The lowest BCUT2D eigenvalue weighted by Crippen LogP contribution is -2.73. The summed E-state index contributed by atoms with van der Waals surface area (Å²) in [6.07, 6.45) is -7.73. The van der Waals surface area contributed by atoms with Crippen LogP contribution in [0.3, 0.4) is 0 Å². The molecule has 56 heavy (non-hydrogen) atoms. The van der Waals surface area contributed by atoms with Gasteiger partial charge in [0.25, 0.3) is 0 Å². The number of ether oxygens (including phenoxy) is 5. The Hall–Kier alpha value is -1.30. The topological polar surface area (TPSA) is 292 Å². The monoisotopic (exact) mass is 807 g/mol. The highest BCUT2D eigenvalue weighted by Crippen LogP contribution is 2.36. The molecule has 18 nitrogen and oxygen atoms in total. The molecule has 3 aliphatic heterocycles. The lowest BCUT2D eigenvalue weighted by atomic mass is 9.85. The molecule has 0 aromatic carbocycles. The van der Waals surface area contributed by atoms with Gasteiger partial charge in [0.2, 0.25) is 0 Å². The van der Waals surface area contributed by atoms with Crippen molar-refractivity contribution >= 4 is 11.6 Å². The number of rotatable bonds is 23. The van der Waals surface area contributed by atoms with Gasteiger partial charge in [-0.2, -0.15) is 0 Å². The van der Waals surface area contributed by atoms with Crippen molar-refractivity contribution < 1.29 is 74.1 Å². The van der Waals surface area contributed by atoms with Crippen molar-refractivity contribution in [3.05, 3.63) is 0 Å². The molecule has 4 aliphatic rings. The summed E-state index contributed by atoms with van der Waals surface area (Å²) in [6, 6.07) is -3.90. The summed E-state index contributed by atoms with van der Waals surface area (Å²) >= 11 is 0. The van der Waals surface area contributed by atoms with Crippen molar-refractivity contribution in [1.29, 1.82) is 0 Å². The van der Waals surface area contributed by atoms with E-state index in [-0.39, 0.29) is 30.8 Å². The standard InChI is InChI=1S/C38H69N3O15/c1-3-5-7-9-11-13-17-40-27-31(49)29(47)21(18-42)53-36(27)56-34-23(20-44)54-37(55-33-22(19-43)52-35(51)26(39)30(33)48)28(32(34)50)41-38(16-12-10-8-6-4-2)24(45)14-15-25(38)46/h21-23,26-37,40-44,47-51H,3-20,39H2,1-2H3/t21-,22-,23-,26-,27-,28-,29-,30-,31-,32-,33?,34?,35-,36+,37+/m1/s1. The van der Waals surface area contributed by atoms with E-state index >= 15 is 0 Å². The number of carbonyl (C=O) groups is 2. The summed E-state index contributed by atoms with van der Waals surface area (Å²) in [5.41, 5.74) is 4.22. The number of Topliss-reactive ketones (excluding diaryl/α,β-unsaturated/α-hetero) is 2. The molecule has 326 valence electrons. The molecular weight excluding hydrogens is 738 g/mol. The van der Waals surface area contributed by atoms with Gasteiger partial charge in [-0.25, -0.2) is 0 Å². The molecular formula is C38H69N3O15. The average molecular weight is 808 g/mol. The van der Waals surface area contributed by atoms with Gasteiger partial charge in [-0.15, -0.1) is 0 Å². The number of nitrogens with two attached hydrogens (primary N) is 1. The largest absolute Gasteiger partial charge is 0.394 e. The molecule has 0 radical (unpaired) electrons. The van der Waals surface area contributed by atoms with Gasteiger partial charge in [0.1, 0.15) is 60.5 Å². The number of carbonyl (C=O) groups excluding carboxylic acids is 2. The number of hydrogen-bond acceptors (Lipinski definition) is 18.